The predicted molar refractivity (Wildman–Crippen MR) is 150 cm³/mol. The summed E-state index contributed by atoms with van der Waals surface area (Å²) in [5.41, 5.74) is 2.71. The van der Waals surface area contributed by atoms with Gasteiger partial charge in [-0.3, -0.25) is 9.52 Å². The molecule has 0 aliphatic carbocycles. The van der Waals surface area contributed by atoms with E-state index in [1.54, 1.807) is 36.4 Å². The first kappa shape index (κ1) is 32.4. The molecule has 234 valence electrons. The Hall–Kier alpha value is -4.48. The standard InChI is InChI=1S/C25H24N4O6S2.C2HF3O2/c1-35-18-10-12-19(13-11-18)36(31,32)28-22(25-26-20-4-2-3-5-21(20)27-25)14-16-6-8-17(9-7-16)23-15-24(30)29-37(23,33)34;3-2(4,5)1(6)7/h2-13,22-23,28H,14-15H2,1H3,(H,26,27)(H,29,30);(H,6,7)/t22-,23?;/m0./s1. The zero-order valence-electron chi connectivity index (χ0n) is 22.7. The number of hydrogen-bond donors (Lipinski definition) is 4. The number of hydrogen-bond acceptors (Lipinski definition) is 8. The van der Waals surface area contributed by atoms with Crippen molar-refractivity contribution in [3.63, 3.8) is 0 Å². The molecule has 4 aromatic rings. The van der Waals surface area contributed by atoms with Gasteiger partial charge in [-0.1, -0.05) is 36.4 Å². The van der Waals surface area contributed by atoms with Crippen LogP contribution in [0.25, 0.3) is 11.0 Å². The lowest BCUT2D eigenvalue weighted by Crippen LogP contribution is -2.31. The number of halogens is 3. The molecule has 44 heavy (non-hydrogen) atoms. The summed E-state index contributed by atoms with van der Waals surface area (Å²) in [6.45, 7) is 0. The number of methoxy groups -OCH3 is 1. The Morgan fingerprint density at radius 2 is 1.70 bits per heavy atom. The van der Waals surface area contributed by atoms with E-state index < -0.39 is 49.4 Å². The number of aliphatic carboxylic acids is 1. The number of nitrogens with zero attached hydrogens (tertiary/aromatic N) is 1. The fourth-order valence-electron chi connectivity index (χ4n) is 4.29. The highest BCUT2D eigenvalue weighted by Crippen LogP contribution is 2.31. The highest BCUT2D eigenvalue weighted by Gasteiger charge is 2.38. The van der Waals surface area contributed by atoms with Crippen LogP contribution in [-0.2, 0) is 36.1 Å². The van der Waals surface area contributed by atoms with E-state index in [-0.39, 0.29) is 17.7 Å². The summed E-state index contributed by atoms with van der Waals surface area (Å²) in [5, 5.41) is 6.17. The lowest BCUT2D eigenvalue weighted by molar-refractivity contribution is -0.192. The van der Waals surface area contributed by atoms with Gasteiger partial charge in [0.15, 0.2) is 0 Å². The van der Waals surface area contributed by atoms with Crippen LogP contribution in [0.5, 0.6) is 5.75 Å². The molecule has 1 aliphatic heterocycles. The number of fused-ring (bicyclic) bond motifs is 1. The van der Waals surface area contributed by atoms with Gasteiger partial charge in [-0.2, -0.15) is 13.2 Å². The third-order valence-corrected chi connectivity index (χ3v) is 9.63. The number of nitrogens with one attached hydrogen (secondary N) is 3. The van der Waals surface area contributed by atoms with Crippen LogP contribution in [0.1, 0.15) is 34.7 Å². The SMILES string of the molecule is COc1ccc(S(=O)(=O)N[C@@H](Cc2ccc(C3CC(=O)NS3(=O)=O)cc2)c2nc3ccccc3[nH]2)cc1.O=C(O)C(F)(F)F. The van der Waals surface area contributed by atoms with Crippen LogP contribution in [0.15, 0.2) is 77.7 Å². The molecule has 4 N–H and O–H groups in total. The number of carboxylic acids is 1. The topological polar surface area (TPSA) is 185 Å². The number of carbonyl (C=O) groups excluding carboxylic acids is 1. The fourth-order valence-corrected chi connectivity index (χ4v) is 6.92. The molecule has 0 saturated carbocycles. The molecule has 1 unspecified atom stereocenters. The Kier molecular flexibility index (Phi) is 9.31. The second-order valence-electron chi connectivity index (χ2n) is 9.50. The molecule has 0 spiro atoms. The first-order valence-electron chi connectivity index (χ1n) is 12.6. The van der Waals surface area contributed by atoms with Gasteiger partial charge in [0.2, 0.25) is 26.0 Å². The number of rotatable bonds is 8. The number of aromatic amines is 1. The van der Waals surface area contributed by atoms with Crippen molar-refractivity contribution in [1.82, 2.24) is 19.4 Å². The third-order valence-electron chi connectivity index (χ3n) is 6.44. The Balaban J connectivity index is 0.000000566. The van der Waals surface area contributed by atoms with Gasteiger partial charge >= 0.3 is 12.1 Å². The van der Waals surface area contributed by atoms with Crippen molar-refractivity contribution in [3.8, 4) is 5.75 Å². The number of carbonyl (C=O) groups is 2. The number of aromatic nitrogens is 2. The second-order valence-corrected chi connectivity index (χ2v) is 13.1. The Labute approximate surface area is 249 Å². The second kappa shape index (κ2) is 12.6. The zero-order chi connectivity index (χ0) is 32.3. The summed E-state index contributed by atoms with van der Waals surface area (Å²) in [4.78, 5) is 28.4. The van der Waals surface area contributed by atoms with Gasteiger partial charge in [0.1, 0.15) is 16.8 Å². The van der Waals surface area contributed by atoms with Crippen LogP contribution in [0.4, 0.5) is 13.2 Å². The molecule has 1 saturated heterocycles. The molecule has 0 radical (unpaired) electrons. The van der Waals surface area contributed by atoms with Crippen LogP contribution in [0, 0.1) is 0 Å². The monoisotopic (exact) mass is 654 g/mol. The van der Waals surface area contributed by atoms with Crippen LogP contribution in [0.3, 0.4) is 0 Å². The van der Waals surface area contributed by atoms with Crippen molar-refractivity contribution in [2.75, 3.05) is 7.11 Å². The molecule has 1 aliphatic rings. The number of carboxylic acid groups (broad SMARTS) is 1. The lowest BCUT2D eigenvalue weighted by atomic mass is 10.0. The van der Waals surface area contributed by atoms with Gasteiger partial charge < -0.3 is 14.8 Å². The van der Waals surface area contributed by atoms with Gasteiger partial charge in [0, 0.05) is 0 Å². The summed E-state index contributed by atoms with van der Waals surface area (Å²) >= 11 is 0. The Morgan fingerprint density at radius 1 is 1.09 bits per heavy atom. The maximum atomic E-state index is 13.3. The van der Waals surface area contributed by atoms with Crippen LogP contribution in [-0.4, -0.2) is 57.1 Å². The number of amides is 1. The third kappa shape index (κ3) is 7.72. The Bertz CT molecular complexity index is 1840. The molecule has 1 fully saturated rings. The van der Waals surface area contributed by atoms with E-state index in [1.165, 1.54) is 19.2 Å². The first-order chi connectivity index (χ1) is 20.6. The van der Waals surface area contributed by atoms with Gasteiger partial charge in [-0.25, -0.2) is 31.3 Å². The first-order valence-corrected chi connectivity index (χ1v) is 15.7. The number of ether oxygens (including phenoxy) is 1. The molecule has 0 bridgehead atoms. The van der Waals surface area contributed by atoms with Gasteiger partial charge in [-0.05, 0) is 53.9 Å². The summed E-state index contributed by atoms with van der Waals surface area (Å²) in [7, 11) is -6.18. The summed E-state index contributed by atoms with van der Waals surface area (Å²) in [6.07, 6.45) is -4.98. The van der Waals surface area contributed by atoms with Crippen molar-refractivity contribution >= 4 is 43.0 Å². The van der Waals surface area contributed by atoms with Crippen LogP contribution < -0.4 is 14.2 Å². The molecule has 3 aromatic carbocycles. The highest BCUT2D eigenvalue weighted by atomic mass is 32.2. The van der Waals surface area contributed by atoms with Crippen LogP contribution in [0.2, 0.25) is 0 Å². The molecule has 5 rings (SSSR count). The summed E-state index contributed by atoms with van der Waals surface area (Å²) in [6, 6.07) is 19.4. The average molecular weight is 655 g/mol. The van der Waals surface area contributed by atoms with Crippen molar-refractivity contribution < 1.29 is 49.4 Å². The maximum absolute atomic E-state index is 13.3. The fraction of sp³-hybridized carbons (Fsp3) is 0.222. The maximum Gasteiger partial charge on any atom is 0.490 e. The smallest absolute Gasteiger partial charge is 0.490 e. The Morgan fingerprint density at radius 3 is 2.23 bits per heavy atom. The summed E-state index contributed by atoms with van der Waals surface area (Å²) in [5.74, 6) is -2.32. The lowest BCUT2D eigenvalue weighted by Gasteiger charge is -2.18. The minimum Gasteiger partial charge on any atom is -0.497 e. The van der Waals surface area contributed by atoms with E-state index in [0.717, 1.165) is 11.1 Å². The van der Waals surface area contributed by atoms with E-state index in [9.17, 15) is 34.8 Å². The number of H-pyrrole nitrogens is 1. The minimum atomic E-state index is -5.08. The number of para-hydroxylation sites is 2. The quantitative estimate of drug-likeness (QED) is 0.221. The molecule has 1 aromatic heterocycles. The zero-order valence-corrected chi connectivity index (χ0v) is 24.3. The van der Waals surface area contributed by atoms with Gasteiger partial charge in [-0.15, -0.1) is 0 Å². The number of benzene rings is 3. The number of alkyl halides is 3. The van der Waals surface area contributed by atoms with Crippen molar-refractivity contribution in [2.24, 2.45) is 0 Å². The van der Waals surface area contributed by atoms with Crippen molar-refractivity contribution in [3.05, 3.63) is 89.7 Å². The van der Waals surface area contributed by atoms with Gasteiger partial charge in [0.05, 0.1) is 35.5 Å². The minimum absolute atomic E-state index is 0.0772. The molecule has 12 nitrogen and oxygen atoms in total. The van der Waals surface area contributed by atoms with E-state index in [2.05, 4.69) is 14.7 Å². The van der Waals surface area contributed by atoms with Crippen molar-refractivity contribution in [1.29, 1.82) is 0 Å². The number of sulfonamides is 2. The predicted octanol–water partition coefficient (Wildman–Crippen LogP) is 3.36. The van der Waals surface area contributed by atoms with E-state index in [4.69, 9.17) is 14.6 Å². The normalized spacial score (nSPS) is 16.9. The largest absolute Gasteiger partial charge is 0.497 e. The van der Waals surface area contributed by atoms with E-state index in [0.29, 0.717) is 22.7 Å². The average Bonchev–Trinajstić information content (AvgIpc) is 3.52. The van der Waals surface area contributed by atoms with E-state index in [1.807, 2.05) is 29.0 Å². The molecule has 17 heteroatoms. The molecular weight excluding hydrogens is 629 g/mol. The number of imidazole rings is 1. The molecule has 1 amide bonds. The van der Waals surface area contributed by atoms with Crippen molar-refractivity contribution in [2.45, 2.75) is 35.2 Å². The molecule has 2 atom stereocenters. The molecule has 2 heterocycles. The van der Waals surface area contributed by atoms with E-state index >= 15 is 0 Å². The summed E-state index contributed by atoms with van der Waals surface area (Å²) < 4.78 is 92.5. The van der Waals surface area contributed by atoms with Gasteiger partial charge in [0.25, 0.3) is 0 Å². The molecular formula is C27H25F3N4O8S2. The van der Waals surface area contributed by atoms with Crippen LogP contribution >= 0.6 is 0 Å². The highest BCUT2D eigenvalue weighted by molar-refractivity contribution is 7.90.